The molecule has 2 aromatic rings. The Bertz CT molecular complexity index is 670. The van der Waals surface area contributed by atoms with Crippen LogP contribution < -0.4 is 10.2 Å². The molecule has 24 heavy (non-hydrogen) atoms. The zero-order chi connectivity index (χ0) is 16.9. The molecule has 1 N–H and O–H groups in total. The minimum absolute atomic E-state index is 0.0248. The average molecular weight is 324 g/mol. The van der Waals surface area contributed by atoms with Gasteiger partial charge in [0.1, 0.15) is 0 Å². The first-order chi connectivity index (χ1) is 11.6. The van der Waals surface area contributed by atoms with Gasteiger partial charge in [0.2, 0.25) is 5.91 Å². The largest absolute Gasteiger partial charge is 0.354 e. The van der Waals surface area contributed by atoms with Crippen molar-refractivity contribution in [1.29, 1.82) is 0 Å². The van der Waals surface area contributed by atoms with Gasteiger partial charge in [-0.2, -0.15) is 0 Å². The maximum atomic E-state index is 12.3. The van der Waals surface area contributed by atoms with Crippen molar-refractivity contribution in [2.75, 3.05) is 18.0 Å². The highest BCUT2D eigenvalue weighted by Crippen LogP contribution is 2.23. The van der Waals surface area contributed by atoms with Gasteiger partial charge in [0.25, 0.3) is 0 Å². The minimum Gasteiger partial charge on any atom is -0.354 e. The van der Waals surface area contributed by atoms with Crippen LogP contribution in [0, 0.1) is 5.92 Å². The highest BCUT2D eigenvalue weighted by molar-refractivity contribution is 5.79. The van der Waals surface area contributed by atoms with E-state index in [1.807, 2.05) is 56.3 Å². The molecule has 1 saturated heterocycles. The summed E-state index contributed by atoms with van der Waals surface area (Å²) in [6.07, 6.45) is 1.93. The third-order valence-corrected chi connectivity index (χ3v) is 4.27. The molecule has 0 unspecified atom stereocenters. The maximum absolute atomic E-state index is 12.3. The van der Waals surface area contributed by atoms with Crippen LogP contribution in [0.5, 0.6) is 0 Å². The predicted molar refractivity (Wildman–Crippen MR) is 95.7 cm³/mol. The number of carbonyl (C=O) groups is 1. The molecule has 1 amide bonds. The molecule has 0 spiro atoms. The molecule has 0 aliphatic carbocycles. The van der Waals surface area contributed by atoms with Crippen molar-refractivity contribution in [3.05, 3.63) is 42.5 Å². The number of aromatic nitrogens is 2. The van der Waals surface area contributed by atoms with Gasteiger partial charge >= 0.3 is 0 Å². The second-order valence-electron chi connectivity index (χ2n) is 6.59. The highest BCUT2D eigenvalue weighted by Gasteiger charge is 2.26. The maximum Gasteiger partial charge on any atom is 0.225 e. The number of hydrogen-bond donors (Lipinski definition) is 1. The van der Waals surface area contributed by atoms with Gasteiger partial charge in [0.15, 0.2) is 5.82 Å². The normalized spacial score (nSPS) is 17.8. The molecule has 1 aliphatic rings. The van der Waals surface area contributed by atoms with Crippen LogP contribution in [-0.4, -0.2) is 35.2 Å². The monoisotopic (exact) mass is 324 g/mol. The van der Waals surface area contributed by atoms with Crippen LogP contribution in [0.1, 0.15) is 26.7 Å². The summed E-state index contributed by atoms with van der Waals surface area (Å²) in [6.45, 7) is 5.61. The van der Waals surface area contributed by atoms with Crippen molar-refractivity contribution in [3.8, 4) is 11.3 Å². The predicted octanol–water partition coefficient (Wildman–Crippen LogP) is 2.88. The number of anilines is 1. The van der Waals surface area contributed by atoms with Crippen LogP contribution in [-0.2, 0) is 4.79 Å². The van der Waals surface area contributed by atoms with Crippen LogP contribution in [0.3, 0.4) is 0 Å². The lowest BCUT2D eigenvalue weighted by Crippen LogP contribution is -2.45. The lowest BCUT2D eigenvalue weighted by atomic mass is 9.97. The van der Waals surface area contributed by atoms with Crippen molar-refractivity contribution in [3.63, 3.8) is 0 Å². The summed E-state index contributed by atoms with van der Waals surface area (Å²) in [4.78, 5) is 14.4. The number of rotatable bonds is 4. The number of nitrogens with one attached hydrogen (secondary N) is 1. The number of carbonyl (C=O) groups excluding carboxylic acids is 1. The topological polar surface area (TPSA) is 58.1 Å². The highest BCUT2D eigenvalue weighted by atomic mass is 16.2. The summed E-state index contributed by atoms with van der Waals surface area (Å²) in [5, 5.41) is 11.7. The molecular formula is C19H24N4O. The smallest absolute Gasteiger partial charge is 0.225 e. The molecule has 1 aromatic carbocycles. The lowest BCUT2D eigenvalue weighted by Gasteiger charge is -2.32. The summed E-state index contributed by atoms with van der Waals surface area (Å²) in [5.74, 6) is 1.01. The molecule has 5 nitrogen and oxygen atoms in total. The molecule has 5 heteroatoms. The van der Waals surface area contributed by atoms with E-state index in [1.165, 1.54) is 0 Å². The summed E-state index contributed by atoms with van der Waals surface area (Å²) < 4.78 is 0. The van der Waals surface area contributed by atoms with Crippen LogP contribution >= 0.6 is 0 Å². The summed E-state index contributed by atoms with van der Waals surface area (Å²) in [5.41, 5.74) is 1.93. The molecule has 3 rings (SSSR count). The van der Waals surface area contributed by atoms with Crippen molar-refractivity contribution >= 4 is 11.7 Å². The van der Waals surface area contributed by atoms with Gasteiger partial charge in [-0.15, -0.1) is 10.2 Å². The molecule has 0 radical (unpaired) electrons. The Labute approximate surface area is 143 Å². The first-order valence-corrected chi connectivity index (χ1v) is 8.58. The Morgan fingerprint density at radius 3 is 2.62 bits per heavy atom. The van der Waals surface area contributed by atoms with E-state index in [1.54, 1.807) is 0 Å². The fraction of sp³-hybridized carbons (Fsp3) is 0.421. The van der Waals surface area contributed by atoms with Gasteiger partial charge < -0.3 is 10.2 Å². The Morgan fingerprint density at radius 1 is 1.17 bits per heavy atom. The SMILES string of the molecule is CC(C)NC(=O)[C@H]1CCCN(c2ccc(-c3ccccc3)nn2)C1. The Morgan fingerprint density at radius 2 is 1.96 bits per heavy atom. The minimum atomic E-state index is 0.0248. The zero-order valence-electron chi connectivity index (χ0n) is 14.3. The third kappa shape index (κ3) is 3.91. The Hall–Kier alpha value is -2.43. The van der Waals surface area contributed by atoms with Crippen LogP contribution in [0.2, 0.25) is 0 Å². The second kappa shape index (κ2) is 7.43. The molecular weight excluding hydrogens is 300 g/mol. The standard InChI is InChI=1S/C19H24N4O/c1-14(2)20-19(24)16-9-6-12-23(13-16)18-11-10-17(21-22-18)15-7-4-3-5-8-15/h3-5,7-8,10-11,14,16H,6,9,12-13H2,1-2H3,(H,20,24)/t16-/m0/s1. The molecule has 0 saturated carbocycles. The van der Waals surface area contributed by atoms with Gasteiger partial charge in [-0.25, -0.2) is 0 Å². The molecule has 2 heterocycles. The molecule has 1 fully saturated rings. The van der Waals surface area contributed by atoms with Crippen LogP contribution in [0.25, 0.3) is 11.3 Å². The van der Waals surface area contributed by atoms with Crippen molar-refractivity contribution in [2.24, 2.45) is 5.92 Å². The van der Waals surface area contributed by atoms with E-state index in [4.69, 9.17) is 0 Å². The lowest BCUT2D eigenvalue weighted by molar-refractivity contribution is -0.125. The van der Waals surface area contributed by atoms with Gasteiger partial charge in [-0.05, 0) is 38.8 Å². The molecule has 1 aliphatic heterocycles. The van der Waals surface area contributed by atoms with Gasteiger partial charge in [0.05, 0.1) is 11.6 Å². The van der Waals surface area contributed by atoms with Crippen LogP contribution in [0.4, 0.5) is 5.82 Å². The van der Waals surface area contributed by atoms with E-state index in [0.29, 0.717) is 6.54 Å². The number of benzene rings is 1. The second-order valence-corrected chi connectivity index (χ2v) is 6.59. The quantitative estimate of drug-likeness (QED) is 0.939. The van der Waals surface area contributed by atoms with Crippen molar-refractivity contribution in [1.82, 2.24) is 15.5 Å². The van der Waals surface area contributed by atoms with Crippen molar-refractivity contribution < 1.29 is 4.79 Å². The fourth-order valence-corrected chi connectivity index (χ4v) is 3.06. The van der Waals surface area contributed by atoms with E-state index in [0.717, 1.165) is 36.5 Å². The summed E-state index contributed by atoms with van der Waals surface area (Å²) in [7, 11) is 0. The Kier molecular flexibility index (Phi) is 5.08. The summed E-state index contributed by atoms with van der Waals surface area (Å²) >= 11 is 0. The first-order valence-electron chi connectivity index (χ1n) is 8.58. The average Bonchev–Trinajstić information content (AvgIpc) is 2.62. The number of amides is 1. The summed E-state index contributed by atoms with van der Waals surface area (Å²) in [6, 6.07) is 14.2. The van der Waals surface area contributed by atoms with E-state index < -0.39 is 0 Å². The fourth-order valence-electron chi connectivity index (χ4n) is 3.06. The van der Waals surface area contributed by atoms with E-state index in [2.05, 4.69) is 20.4 Å². The van der Waals surface area contributed by atoms with Gasteiger partial charge in [0, 0.05) is 24.7 Å². The van der Waals surface area contributed by atoms with Crippen molar-refractivity contribution in [2.45, 2.75) is 32.7 Å². The van der Waals surface area contributed by atoms with E-state index >= 15 is 0 Å². The molecule has 1 atom stereocenters. The molecule has 0 bridgehead atoms. The number of nitrogens with zero attached hydrogens (tertiary/aromatic N) is 3. The number of piperidine rings is 1. The van der Waals surface area contributed by atoms with E-state index in [9.17, 15) is 4.79 Å². The Balaban J connectivity index is 1.69. The number of hydrogen-bond acceptors (Lipinski definition) is 4. The van der Waals surface area contributed by atoms with E-state index in [-0.39, 0.29) is 17.9 Å². The molecule has 1 aromatic heterocycles. The third-order valence-electron chi connectivity index (χ3n) is 4.27. The zero-order valence-corrected chi connectivity index (χ0v) is 14.3. The van der Waals surface area contributed by atoms with Crippen LogP contribution in [0.15, 0.2) is 42.5 Å². The first kappa shape index (κ1) is 16.4. The molecule has 126 valence electrons. The van der Waals surface area contributed by atoms with Gasteiger partial charge in [-0.3, -0.25) is 4.79 Å². The van der Waals surface area contributed by atoms with Gasteiger partial charge in [-0.1, -0.05) is 30.3 Å².